The molecule has 94 valence electrons. The minimum absolute atomic E-state index is 0.279. The summed E-state index contributed by atoms with van der Waals surface area (Å²) in [6.07, 6.45) is 0. The first-order valence-corrected chi connectivity index (χ1v) is 5.48. The Hall–Kier alpha value is -2.49. The molecule has 0 unspecified atom stereocenters. The summed E-state index contributed by atoms with van der Waals surface area (Å²) in [5.74, 6) is 1.34. The van der Waals surface area contributed by atoms with Crippen LogP contribution in [0.2, 0.25) is 0 Å². The molecule has 0 fully saturated rings. The smallest absolute Gasteiger partial charge is 0.512 e. The van der Waals surface area contributed by atoms with Crippen LogP contribution in [-0.4, -0.2) is 17.4 Å². The standard InChI is InChI=1S/C13H10BNO4/c15-9-10-4-6-11(7-5-10)18-12-2-1-3-13(8-12)19-14(16)17/h1-8,16-17H. The van der Waals surface area contributed by atoms with E-state index in [1.165, 1.54) is 6.07 Å². The number of hydrogen-bond donors (Lipinski definition) is 2. The van der Waals surface area contributed by atoms with Gasteiger partial charge in [-0.3, -0.25) is 0 Å². The predicted molar refractivity (Wildman–Crippen MR) is 68.5 cm³/mol. The van der Waals surface area contributed by atoms with Gasteiger partial charge in [-0.25, -0.2) is 0 Å². The van der Waals surface area contributed by atoms with E-state index in [4.69, 9.17) is 24.7 Å². The van der Waals surface area contributed by atoms with Crippen LogP contribution in [0, 0.1) is 11.3 Å². The quantitative estimate of drug-likeness (QED) is 0.812. The molecule has 0 bridgehead atoms. The zero-order valence-corrected chi connectivity index (χ0v) is 9.85. The van der Waals surface area contributed by atoms with Gasteiger partial charge in [0.25, 0.3) is 0 Å². The summed E-state index contributed by atoms with van der Waals surface area (Å²) >= 11 is 0. The Morgan fingerprint density at radius 2 is 1.63 bits per heavy atom. The number of nitriles is 1. The maximum Gasteiger partial charge on any atom is 0.707 e. The Balaban J connectivity index is 2.11. The molecule has 0 saturated carbocycles. The summed E-state index contributed by atoms with van der Waals surface area (Å²) in [7, 11) is -1.87. The maximum absolute atomic E-state index is 8.71. The molecule has 0 radical (unpaired) electrons. The van der Waals surface area contributed by atoms with E-state index in [-0.39, 0.29) is 5.75 Å². The largest absolute Gasteiger partial charge is 0.707 e. The summed E-state index contributed by atoms with van der Waals surface area (Å²) in [5.41, 5.74) is 0.549. The Bertz CT molecular complexity index is 592. The highest BCUT2D eigenvalue weighted by molar-refractivity contribution is 6.33. The van der Waals surface area contributed by atoms with E-state index in [0.717, 1.165) is 0 Å². The molecule has 2 rings (SSSR count). The SMILES string of the molecule is N#Cc1ccc(Oc2cccc(OB(O)O)c2)cc1. The molecule has 5 nitrogen and oxygen atoms in total. The van der Waals surface area contributed by atoms with Crippen LogP contribution in [0.4, 0.5) is 0 Å². The molecular weight excluding hydrogens is 245 g/mol. The molecule has 2 N–H and O–H groups in total. The third-order valence-electron chi connectivity index (χ3n) is 2.27. The fourth-order valence-electron chi connectivity index (χ4n) is 1.47. The number of ether oxygens (including phenoxy) is 1. The molecule has 0 heterocycles. The van der Waals surface area contributed by atoms with Crippen LogP contribution in [0.1, 0.15) is 5.56 Å². The molecule has 0 atom stereocenters. The maximum atomic E-state index is 8.71. The van der Waals surface area contributed by atoms with Crippen LogP contribution in [0.5, 0.6) is 17.2 Å². The van der Waals surface area contributed by atoms with Crippen molar-refractivity contribution in [3.63, 3.8) is 0 Å². The van der Waals surface area contributed by atoms with Gasteiger partial charge in [0.15, 0.2) is 0 Å². The van der Waals surface area contributed by atoms with Gasteiger partial charge < -0.3 is 19.4 Å². The Morgan fingerprint density at radius 3 is 2.26 bits per heavy atom. The lowest BCUT2D eigenvalue weighted by molar-refractivity contribution is 0.287. The highest BCUT2D eigenvalue weighted by Gasteiger charge is 2.11. The second-order valence-electron chi connectivity index (χ2n) is 3.66. The second kappa shape index (κ2) is 5.91. The van der Waals surface area contributed by atoms with Crippen LogP contribution < -0.4 is 9.39 Å². The lowest BCUT2D eigenvalue weighted by Gasteiger charge is -2.08. The minimum atomic E-state index is -1.87. The summed E-state index contributed by atoms with van der Waals surface area (Å²) in [4.78, 5) is 0. The van der Waals surface area contributed by atoms with Crippen molar-refractivity contribution in [1.29, 1.82) is 5.26 Å². The third kappa shape index (κ3) is 3.74. The van der Waals surface area contributed by atoms with Crippen molar-refractivity contribution in [3.8, 4) is 23.3 Å². The number of hydrogen-bond acceptors (Lipinski definition) is 5. The zero-order valence-electron chi connectivity index (χ0n) is 9.85. The van der Waals surface area contributed by atoms with E-state index >= 15 is 0 Å². The molecule has 0 aliphatic rings. The van der Waals surface area contributed by atoms with Crippen molar-refractivity contribution < 1.29 is 19.4 Å². The summed E-state index contributed by atoms with van der Waals surface area (Å²) in [6.45, 7) is 0. The van der Waals surface area contributed by atoms with Crippen LogP contribution >= 0.6 is 0 Å². The van der Waals surface area contributed by atoms with Crippen molar-refractivity contribution >= 4 is 7.32 Å². The fraction of sp³-hybridized carbons (Fsp3) is 0. The van der Waals surface area contributed by atoms with Gasteiger partial charge in [0.05, 0.1) is 11.6 Å². The minimum Gasteiger partial charge on any atom is -0.512 e. The molecule has 19 heavy (non-hydrogen) atoms. The lowest BCUT2D eigenvalue weighted by atomic mass is 10.2. The van der Waals surface area contributed by atoms with Gasteiger partial charge >= 0.3 is 7.32 Å². The Kier molecular flexibility index (Phi) is 4.03. The van der Waals surface area contributed by atoms with Crippen molar-refractivity contribution in [2.24, 2.45) is 0 Å². The number of benzene rings is 2. The van der Waals surface area contributed by atoms with Gasteiger partial charge in [-0.05, 0) is 36.4 Å². The molecule has 2 aromatic carbocycles. The normalized spacial score (nSPS) is 9.53. The van der Waals surface area contributed by atoms with Crippen LogP contribution in [0.15, 0.2) is 48.5 Å². The Morgan fingerprint density at radius 1 is 0.947 bits per heavy atom. The van der Waals surface area contributed by atoms with Crippen molar-refractivity contribution in [1.82, 2.24) is 0 Å². The van der Waals surface area contributed by atoms with Crippen LogP contribution in [0.3, 0.4) is 0 Å². The molecular formula is C13H10BNO4. The number of rotatable bonds is 4. The first-order valence-electron chi connectivity index (χ1n) is 5.48. The first kappa shape index (κ1) is 13.0. The summed E-state index contributed by atoms with van der Waals surface area (Å²) in [5, 5.41) is 26.1. The molecule has 0 saturated heterocycles. The average Bonchev–Trinajstić information content (AvgIpc) is 2.39. The molecule has 0 spiro atoms. The van der Waals surface area contributed by atoms with Gasteiger partial charge in [-0.2, -0.15) is 5.26 Å². The van der Waals surface area contributed by atoms with Gasteiger partial charge in [0.1, 0.15) is 17.2 Å². The summed E-state index contributed by atoms with van der Waals surface area (Å²) in [6, 6.07) is 15.1. The van der Waals surface area contributed by atoms with Crippen molar-refractivity contribution in [2.75, 3.05) is 0 Å². The van der Waals surface area contributed by atoms with E-state index < -0.39 is 7.32 Å². The van der Waals surface area contributed by atoms with Gasteiger partial charge in [-0.1, -0.05) is 6.07 Å². The molecule has 2 aromatic rings. The third-order valence-corrected chi connectivity index (χ3v) is 2.27. The van der Waals surface area contributed by atoms with E-state index in [1.54, 1.807) is 42.5 Å². The second-order valence-corrected chi connectivity index (χ2v) is 3.66. The number of nitrogens with zero attached hydrogens (tertiary/aromatic N) is 1. The van der Waals surface area contributed by atoms with Crippen LogP contribution in [-0.2, 0) is 0 Å². The fourth-order valence-corrected chi connectivity index (χ4v) is 1.47. The van der Waals surface area contributed by atoms with Crippen LogP contribution in [0.25, 0.3) is 0 Å². The van der Waals surface area contributed by atoms with E-state index in [1.807, 2.05) is 6.07 Å². The lowest BCUT2D eigenvalue weighted by Crippen LogP contribution is -2.20. The van der Waals surface area contributed by atoms with Gasteiger partial charge in [-0.15, -0.1) is 0 Å². The highest BCUT2D eigenvalue weighted by Crippen LogP contribution is 2.25. The summed E-state index contributed by atoms with van der Waals surface area (Å²) < 4.78 is 10.3. The van der Waals surface area contributed by atoms with Crippen molar-refractivity contribution in [3.05, 3.63) is 54.1 Å². The topological polar surface area (TPSA) is 82.7 Å². The van der Waals surface area contributed by atoms with Crippen molar-refractivity contribution in [2.45, 2.75) is 0 Å². The highest BCUT2D eigenvalue weighted by atomic mass is 16.6. The average molecular weight is 255 g/mol. The molecule has 0 aliphatic heterocycles. The van der Waals surface area contributed by atoms with E-state index in [2.05, 4.69) is 0 Å². The molecule has 0 amide bonds. The van der Waals surface area contributed by atoms with E-state index in [9.17, 15) is 0 Å². The molecule has 6 heteroatoms. The molecule has 0 aromatic heterocycles. The monoisotopic (exact) mass is 255 g/mol. The van der Waals surface area contributed by atoms with Gasteiger partial charge in [0, 0.05) is 6.07 Å². The first-order chi connectivity index (χ1) is 9.17. The van der Waals surface area contributed by atoms with E-state index in [0.29, 0.717) is 17.1 Å². The van der Waals surface area contributed by atoms with Gasteiger partial charge in [0.2, 0.25) is 0 Å². The predicted octanol–water partition coefficient (Wildman–Crippen LogP) is 1.70. The zero-order chi connectivity index (χ0) is 13.7. The molecule has 0 aliphatic carbocycles. The Labute approximate surface area is 110 Å².